The zero-order chi connectivity index (χ0) is 12.3. The van der Waals surface area contributed by atoms with Gasteiger partial charge in [-0.15, -0.1) is 0 Å². The quantitative estimate of drug-likeness (QED) is 0.882. The molecule has 17 heavy (non-hydrogen) atoms. The van der Waals surface area contributed by atoms with Gasteiger partial charge in [0.25, 0.3) is 0 Å². The van der Waals surface area contributed by atoms with Crippen LogP contribution in [-0.4, -0.2) is 17.0 Å². The van der Waals surface area contributed by atoms with E-state index in [0.29, 0.717) is 17.5 Å². The molecular weight excluding hydrogens is 243 g/mol. The van der Waals surface area contributed by atoms with Gasteiger partial charge in [-0.25, -0.2) is 9.37 Å². The highest BCUT2D eigenvalue weighted by molar-refractivity contribution is 6.31. The van der Waals surface area contributed by atoms with Crippen molar-refractivity contribution in [1.82, 2.24) is 9.97 Å². The highest BCUT2D eigenvalue weighted by atomic mass is 35.5. The average Bonchev–Trinajstić information content (AvgIpc) is 2.34. The molecule has 0 amide bonds. The van der Waals surface area contributed by atoms with E-state index in [2.05, 4.69) is 20.6 Å². The largest absolute Gasteiger partial charge is 0.357 e. The van der Waals surface area contributed by atoms with Crippen LogP contribution in [0.4, 0.5) is 21.8 Å². The molecule has 6 heteroatoms. The Bertz CT molecular complexity index is 533. The lowest BCUT2D eigenvalue weighted by Gasteiger charge is -2.07. The summed E-state index contributed by atoms with van der Waals surface area (Å²) in [5, 5.41) is 5.90. The topological polar surface area (TPSA) is 49.8 Å². The Kier molecular flexibility index (Phi) is 3.39. The lowest BCUT2D eigenvalue weighted by atomic mass is 10.3. The van der Waals surface area contributed by atoms with E-state index in [0.717, 1.165) is 0 Å². The van der Waals surface area contributed by atoms with E-state index >= 15 is 0 Å². The van der Waals surface area contributed by atoms with Crippen molar-refractivity contribution in [3.8, 4) is 0 Å². The van der Waals surface area contributed by atoms with Gasteiger partial charge in [0.2, 0.25) is 5.95 Å². The van der Waals surface area contributed by atoms with Gasteiger partial charge >= 0.3 is 0 Å². The maximum atomic E-state index is 13.0. The minimum Gasteiger partial charge on any atom is -0.357 e. The van der Waals surface area contributed by atoms with E-state index in [1.807, 2.05) is 0 Å². The number of hydrogen-bond acceptors (Lipinski definition) is 4. The molecule has 0 aliphatic rings. The first-order valence-corrected chi connectivity index (χ1v) is 5.29. The van der Waals surface area contributed by atoms with Crippen LogP contribution in [0.3, 0.4) is 0 Å². The fourth-order valence-electron chi connectivity index (χ4n) is 1.27. The van der Waals surface area contributed by atoms with Crippen molar-refractivity contribution in [3.05, 3.63) is 41.3 Å². The Hall–Kier alpha value is -1.88. The molecule has 0 fully saturated rings. The molecule has 0 bridgehead atoms. The summed E-state index contributed by atoms with van der Waals surface area (Å²) in [5.41, 5.74) is 0.664. The SMILES string of the molecule is CNc1nccc(Nc2ccc(F)c(Cl)c2)n1. The number of nitrogens with one attached hydrogen (secondary N) is 2. The molecular formula is C11H10ClFN4. The lowest BCUT2D eigenvalue weighted by Crippen LogP contribution is -1.99. The molecule has 88 valence electrons. The van der Waals surface area contributed by atoms with Gasteiger partial charge < -0.3 is 10.6 Å². The fourth-order valence-corrected chi connectivity index (χ4v) is 1.45. The van der Waals surface area contributed by atoms with Gasteiger partial charge in [-0.05, 0) is 24.3 Å². The van der Waals surface area contributed by atoms with Crippen LogP contribution in [0.15, 0.2) is 30.5 Å². The van der Waals surface area contributed by atoms with Crippen LogP contribution in [0, 0.1) is 5.82 Å². The molecule has 0 atom stereocenters. The third-order valence-corrected chi connectivity index (χ3v) is 2.36. The monoisotopic (exact) mass is 252 g/mol. The summed E-state index contributed by atoms with van der Waals surface area (Å²) >= 11 is 5.68. The molecule has 0 aliphatic carbocycles. The molecule has 2 aromatic rings. The van der Waals surface area contributed by atoms with Gasteiger partial charge in [0.15, 0.2) is 0 Å². The van der Waals surface area contributed by atoms with Crippen molar-refractivity contribution in [2.75, 3.05) is 17.7 Å². The van der Waals surface area contributed by atoms with E-state index in [1.165, 1.54) is 12.1 Å². The van der Waals surface area contributed by atoms with Crippen LogP contribution in [0.2, 0.25) is 5.02 Å². The van der Waals surface area contributed by atoms with Crippen LogP contribution < -0.4 is 10.6 Å². The van der Waals surface area contributed by atoms with Gasteiger partial charge in [0, 0.05) is 18.9 Å². The smallest absolute Gasteiger partial charge is 0.224 e. The number of aromatic nitrogens is 2. The molecule has 0 saturated carbocycles. The van der Waals surface area contributed by atoms with Crippen molar-refractivity contribution in [2.45, 2.75) is 0 Å². The summed E-state index contributed by atoms with van der Waals surface area (Å²) in [6.45, 7) is 0. The third kappa shape index (κ3) is 2.82. The highest BCUT2D eigenvalue weighted by Crippen LogP contribution is 2.21. The first-order valence-electron chi connectivity index (χ1n) is 4.92. The van der Waals surface area contributed by atoms with E-state index in [1.54, 1.807) is 25.4 Å². The summed E-state index contributed by atoms with van der Waals surface area (Å²) in [7, 11) is 1.73. The van der Waals surface area contributed by atoms with Gasteiger partial charge in [-0.2, -0.15) is 4.98 Å². The highest BCUT2D eigenvalue weighted by Gasteiger charge is 2.02. The molecule has 0 unspecified atom stereocenters. The summed E-state index contributed by atoms with van der Waals surface area (Å²) < 4.78 is 13.0. The second-order valence-corrected chi connectivity index (χ2v) is 3.68. The van der Waals surface area contributed by atoms with E-state index in [-0.39, 0.29) is 5.02 Å². The van der Waals surface area contributed by atoms with Crippen molar-refractivity contribution in [1.29, 1.82) is 0 Å². The first-order chi connectivity index (χ1) is 8.19. The zero-order valence-electron chi connectivity index (χ0n) is 9.04. The van der Waals surface area contributed by atoms with Crippen molar-refractivity contribution >= 4 is 29.1 Å². The van der Waals surface area contributed by atoms with Crippen molar-refractivity contribution < 1.29 is 4.39 Å². The molecule has 0 radical (unpaired) electrons. The maximum absolute atomic E-state index is 13.0. The molecule has 1 heterocycles. The molecule has 4 nitrogen and oxygen atoms in total. The predicted octanol–water partition coefficient (Wildman–Crippen LogP) is 3.05. The number of nitrogens with zero attached hydrogens (tertiary/aromatic N) is 2. The van der Waals surface area contributed by atoms with Gasteiger partial charge in [-0.3, -0.25) is 0 Å². The molecule has 1 aromatic carbocycles. The number of hydrogen-bond donors (Lipinski definition) is 2. The molecule has 2 N–H and O–H groups in total. The van der Waals surface area contributed by atoms with Crippen molar-refractivity contribution in [3.63, 3.8) is 0 Å². The van der Waals surface area contributed by atoms with Crippen LogP contribution in [0.1, 0.15) is 0 Å². The zero-order valence-corrected chi connectivity index (χ0v) is 9.79. The second-order valence-electron chi connectivity index (χ2n) is 3.27. The summed E-state index contributed by atoms with van der Waals surface area (Å²) in [5.74, 6) is 0.658. The Morgan fingerprint density at radius 1 is 1.29 bits per heavy atom. The molecule has 1 aromatic heterocycles. The Balaban J connectivity index is 2.22. The van der Waals surface area contributed by atoms with Crippen molar-refractivity contribution in [2.24, 2.45) is 0 Å². The van der Waals surface area contributed by atoms with E-state index < -0.39 is 5.82 Å². The number of halogens is 2. The Morgan fingerprint density at radius 3 is 2.82 bits per heavy atom. The summed E-state index contributed by atoms with van der Waals surface area (Å²) in [6, 6.07) is 6.09. The lowest BCUT2D eigenvalue weighted by molar-refractivity contribution is 0.628. The first kappa shape index (κ1) is 11.6. The van der Waals surface area contributed by atoms with Gasteiger partial charge in [-0.1, -0.05) is 11.6 Å². The molecule has 0 saturated heterocycles. The van der Waals surface area contributed by atoms with Gasteiger partial charge in [0.05, 0.1) is 5.02 Å². The summed E-state index contributed by atoms with van der Waals surface area (Å²) in [4.78, 5) is 8.15. The number of anilines is 3. The Morgan fingerprint density at radius 2 is 2.12 bits per heavy atom. The normalized spacial score (nSPS) is 10.1. The third-order valence-electron chi connectivity index (χ3n) is 2.07. The van der Waals surface area contributed by atoms with Gasteiger partial charge in [0.1, 0.15) is 11.6 Å². The molecule has 0 aliphatic heterocycles. The number of rotatable bonds is 3. The molecule has 2 rings (SSSR count). The minimum atomic E-state index is -0.448. The summed E-state index contributed by atoms with van der Waals surface area (Å²) in [6.07, 6.45) is 1.62. The number of benzene rings is 1. The van der Waals surface area contributed by atoms with Crippen LogP contribution >= 0.6 is 11.6 Å². The molecule has 0 spiro atoms. The second kappa shape index (κ2) is 4.97. The van der Waals surface area contributed by atoms with Crippen LogP contribution in [0.25, 0.3) is 0 Å². The van der Waals surface area contributed by atoms with Crippen LogP contribution in [-0.2, 0) is 0 Å². The average molecular weight is 253 g/mol. The standard InChI is InChI=1S/C11H10ClFN4/c1-14-11-15-5-4-10(17-11)16-7-2-3-9(13)8(12)6-7/h2-6H,1H3,(H2,14,15,16,17). The Labute approximate surface area is 103 Å². The van der Waals surface area contributed by atoms with E-state index in [9.17, 15) is 4.39 Å². The maximum Gasteiger partial charge on any atom is 0.224 e. The predicted molar refractivity (Wildman–Crippen MR) is 66.3 cm³/mol. The fraction of sp³-hybridized carbons (Fsp3) is 0.0909. The van der Waals surface area contributed by atoms with Crippen LogP contribution in [0.5, 0.6) is 0 Å². The van der Waals surface area contributed by atoms with E-state index in [4.69, 9.17) is 11.6 Å². The minimum absolute atomic E-state index is 0.0675.